The second kappa shape index (κ2) is 5.96. The minimum Gasteiger partial charge on any atom is -0.0446 e. The molecule has 0 aliphatic heterocycles. The SMILES string of the molecule is CC1=C(C)C2=C(C)C(C)=C(C)C3=c4c(C)c(C)c(C)c(C)c4=C(C)C(=C1C)C23. The van der Waals surface area contributed by atoms with E-state index in [9.17, 15) is 0 Å². The molecule has 1 unspecified atom stereocenters. The van der Waals surface area contributed by atoms with Crippen LogP contribution in [0.3, 0.4) is 0 Å². The lowest BCUT2D eigenvalue weighted by Gasteiger charge is -2.42. The molecule has 0 aromatic heterocycles. The maximum Gasteiger partial charge on any atom is 0.0359 e. The summed E-state index contributed by atoms with van der Waals surface area (Å²) in [4.78, 5) is 0. The van der Waals surface area contributed by atoms with Gasteiger partial charge in [0.15, 0.2) is 0 Å². The maximum atomic E-state index is 2.37. The third-order valence-corrected chi connectivity index (χ3v) is 8.47. The van der Waals surface area contributed by atoms with Gasteiger partial charge in [0.05, 0.1) is 0 Å². The van der Waals surface area contributed by atoms with Gasteiger partial charge in [0, 0.05) is 5.92 Å². The second-order valence-electron chi connectivity index (χ2n) is 9.30. The summed E-state index contributed by atoms with van der Waals surface area (Å²) >= 11 is 0. The van der Waals surface area contributed by atoms with Crippen molar-refractivity contribution in [1.29, 1.82) is 0 Å². The summed E-state index contributed by atoms with van der Waals surface area (Å²) in [5.74, 6) is 0.403. The molecule has 1 aromatic carbocycles. The van der Waals surface area contributed by atoms with Crippen LogP contribution >= 0.6 is 0 Å². The van der Waals surface area contributed by atoms with E-state index >= 15 is 0 Å². The highest BCUT2D eigenvalue weighted by molar-refractivity contribution is 5.90. The Morgan fingerprint density at radius 2 is 0.714 bits per heavy atom. The third kappa shape index (κ3) is 2.07. The van der Waals surface area contributed by atoms with Gasteiger partial charge in [-0.2, -0.15) is 0 Å². The van der Waals surface area contributed by atoms with Crippen molar-refractivity contribution >= 4 is 11.1 Å². The van der Waals surface area contributed by atoms with E-state index in [1.54, 1.807) is 16.7 Å². The number of hydrogen-bond donors (Lipinski definition) is 0. The number of fused-ring (bicyclic) bond motifs is 1. The smallest absolute Gasteiger partial charge is 0.0359 e. The van der Waals surface area contributed by atoms with E-state index in [2.05, 4.69) is 76.2 Å². The van der Waals surface area contributed by atoms with Crippen LogP contribution in [0.2, 0.25) is 0 Å². The van der Waals surface area contributed by atoms with Gasteiger partial charge in [0.25, 0.3) is 0 Å². The van der Waals surface area contributed by atoms with Crippen LogP contribution in [0.1, 0.15) is 70.7 Å². The number of allylic oxidation sites excluding steroid dienone is 8. The van der Waals surface area contributed by atoms with E-state index in [1.807, 2.05) is 0 Å². The lowest BCUT2D eigenvalue weighted by molar-refractivity contribution is 0.843. The van der Waals surface area contributed by atoms with Gasteiger partial charge in [-0.05, 0) is 165 Å². The molecule has 146 valence electrons. The zero-order valence-electron chi connectivity index (χ0n) is 19.6. The maximum absolute atomic E-state index is 2.37. The largest absolute Gasteiger partial charge is 0.0446 e. The highest BCUT2D eigenvalue weighted by Gasteiger charge is 2.39. The molecule has 28 heavy (non-hydrogen) atoms. The Morgan fingerprint density at radius 1 is 0.321 bits per heavy atom. The molecule has 0 saturated heterocycles. The Bertz CT molecular complexity index is 1230. The number of hydrogen-bond acceptors (Lipinski definition) is 0. The topological polar surface area (TPSA) is 0 Å². The molecule has 0 N–H and O–H groups in total. The molecule has 3 aliphatic rings. The van der Waals surface area contributed by atoms with Crippen molar-refractivity contribution in [3.63, 3.8) is 0 Å². The first-order chi connectivity index (χ1) is 13.0. The second-order valence-corrected chi connectivity index (χ2v) is 9.30. The molecule has 0 fully saturated rings. The van der Waals surface area contributed by atoms with Crippen molar-refractivity contribution in [3.8, 4) is 0 Å². The van der Waals surface area contributed by atoms with Gasteiger partial charge in [0.1, 0.15) is 0 Å². The molecule has 0 bridgehead atoms. The molecule has 1 aromatic rings. The van der Waals surface area contributed by atoms with Crippen LogP contribution in [0.5, 0.6) is 0 Å². The van der Waals surface area contributed by atoms with Crippen molar-refractivity contribution in [2.45, 2.75) is 76.2 Å². The molecular formula is C28H34. The third-order valence-electron chi connectivity index (χ3n) is 8.47. The molecule has 4 rings (SSSR count). The lowest BCUT2D eigenvalue weighted by atomic mass is 9.61. The average molecular weight is 371 g/mol. The highest BCUT2D eigenvalue weighted by Crippen LogP contribution is 2.52. The van der Waals surface area contributed by atoms with Crippen LogP contribution in [0.25, 0.3) is 11.1 Å². The van der Waals surface area contributed by atoms with E-state index in [0.717, 1.165) is 0 Å². The van der Waals surface area contributed by atoms with Crippen molar-refractivity contribution in [2.24, 2.45) is 5.92 Å². The number of rotatable bonds is 0. The first-order valence-corrected chi connectivity index (χ1v) is 10.6. The molecule has 0 saturated carbocycles. The standard InChI is InChI=1S/C28H34/c1-12-13(2)20(9)26-24(16(12)5)22(11)25-19(8)14(3)17(6)23-18(7)15(4)21(10)27(26)28(23)25/h28H,1-11H3. The minimum atomic E-state index is 0.403. The van der Waals surface area contributed by atoms with Crippen LogP contribution in [0.15, 0.2) is 44.6 Å². The summed E-state index contributed by atoms with van der Waals surface area (Å²) in [5, 5.41) is 3.02. The van der Waals surface area contributed by atoms with Gasteiger partial charge in [-0.15, -0.1) is 0 Å². The monoisotopic (exact) mass is 370 g/mol. The predicted molar refractivity (Wildman–Crippen MR) is 123 cm³/mol. The van der Waals surface area contributed by atoms with E-state index in [4.69, 9.17) is 0 Å². The fraction of sp³-hybridized carbons (Fsp3) is 0.429. The van der Waals surface area contributed by atoms with E-state index < -0.39 is 0 Å². The minimum absolute atomic E-state index is 0.403. The van der Waals surface area contributed by atoms with Crippen molar-refractivity contribution in [3.05, 3.63) is 77.3 Å². The number of benzene rings is 1. The van der Waals surface area contributed by atoms with Crippen LogP contribution in [-0.2, 0) is 0 Å². The molecule has 0 heterocycles. The molecule has 0 spiro atoms. The molecule has 0 radical (unpaired) electrons. The molecule has 0 amide bonds. The lowest BCUT2D eigenvalue weighted by Crippen LogP contribution is -2.44. The van der Waals surface area contributed by atoms with E-state index in [-0.39, 0.29) is 0 Å². The summed E-state index contributed by atoms with van der Waals surface area (Å²) in [7, 11) is 0. The average Bonchev–Trinajstić information content (AvgIpc) is 2.66. The summed E-state index contributed by atoms with van der Waals surface area (Å²) in [6, 6.07) is 0. The fourth-order valence-corrected chi connectivity index (χ4v) is 6.03. The van der Waals surface area contributed by atoms with E-state index in [1.165, 1.54) is 71.7 Å². The molecular weight excluding hydrogens is 336 g/mol. The van der Waals surface area contributed by atoms with Crippen molar-refractivity contribution in [1.82, 2.24) is 0 Å². The zero-order valence-corrected chi connectivity index (χ0v) is 19.6. The summed E-state index contributed by atoms with van der Waals surface area (Å²) in [6.45, 7) is 25.6. The summed E-state index contributed by atoms with van der Waals surface area (Å²) in [5.41, 5.74) is 20.9. The van der Waals surface area contributed by atoms with Crippen LogP contribution < -0.4 is 10.4 Å². The fourth-order valence-electron chi connectivity index (χ4n) is 6.03. The van der Waals surface area contributed by atoms with Crippen LogP contribution in [-0.4, -0.2) is 0 Å². The van der Waals surface area contributed by atoms with Crippen molar-refractivity contribution in [2.75, 3.05) is 0 Å². The summed E-state index contributed by atoms with van der Waals surface area (Å²) < 4.78 is 0. The Balaban J connectivity index is 2.42. The molecule has 3 aliphatic carbocycles. The first-order valence-electron chi connectivity index (χ1n) is 10.6. The normalized spacial score (nSPS) is 21.8. The Hall–Kier alpha value is -2.08. The van der Waals surface area contributed by atoms with E-state index in [0.29, 0.717) is 5.92 Å². The highest BCUT2D eigenvalue weighted by atomic mass is 14.4. The summed E-state index contributed by atoms with van der Waals surface area (Å²) in [6.07, 6.45) is 0. The van der Waals surface area contributed by atoms with Gasteiger partial charge in [-0.25, -0.2) is 0 Å². The van der Waals surface area contributed by atoms with Gasteiger partial charge < -0.3 is 0 Å². The molecule has 0 heteroatoms. The Labute approximate surface area is 170 Å². The van der Waals surface area contributed by atoms with Crippen LogP contribution in [0.4, 0.5) is 0 Å². The van der Waals surface area contributed by atoms with Gasteiger partial charge in [-0.1, -0.05) is 0 Å². The zero-order chi connectivity index (χ0) is 20.8. The van der Waals surface area contributed by atoms with Gasteiger partial charge >= 0.3 is 0 Å². The van der Waals surface area contributed by atoms with Crippen LogP contribution in [0, 0.1) is 33.6 Å². The Kier molecular flexibility index (Phi) is 4.10. The molecule has 1 atom stereocenters. The van der Waals surface area contributed by atoms with Gasteiger partial charge in [0.2, 0.25) is 0 Å². The first kappa shape index (κ1) is 19.2. The Morgan fingerprint density at radius 3 is 1.21 bits per heavy atom. The van der Waals surface area contributed by atoms with Crippen molar-refractivity contribution < 1.29 is 0 Å². The van der Waals surface area contributed by atoms with Gasteiger partial charge in [-0.3, -0.25) is 0 Å². The molecule has 0 nitrogen and oxygen atoms in total. The quantitative estimate of drug-likeness (QED) is 0.510. The predicted octanol–water partition coefficient (Wildman–Crippen LogP) is 6.20.